The Hall–Kier alpha value is -2.82. The molecule has 1 amide bonds. The van der Waals surface area contributed by atoms with Crippen LogP contribution < -0.4 is 19.7 Å². The molecule has 32 heavy (non-hydrogen) atoms. The number of carbonyl (C=O) groups is 1. The van der Waals surface area contributed by atoms with Crippen LogP contribution in [-0.2, 0) is 14.8 Å². The first kappa shape index (κ1) is 23.8. The van der Waals surface area contributed by atoms with Crippen LogP contribution in [0.15, 0.2) is 47.4 Å². The van der Waals surface area contributed by atoms with Gasteiger partial charge in [0.25, 0.3) is 0 Å². The Morgan fingerprint density at radius 1 is 1.00 bits per heavy atom. The van der Waals surface area contributed by atoms with Crippen molar-refractivity contribution in [3.05, 3.63) is 42.5 Å². The number of ether oxygens (including phenoxy) is 2. The van der Waals surface area contributed by atoms with Gasteiger partial charge >= 0.3 is 0 Å². The molecule has 2 aromatic rings. The van der Waals surface area contributed by atoms with Gasteiger partial charge in [-0.2, -0.15) is 0 Å². The molecule has 174 valence electrons. The van der Waals surface area contributed by atoms with Crippen LogP contribution in [0.3, 0.4) is 0 Å². The molecule has 1 fully saturated rings. The molecule has 0 unspecified atom stereocenters. The third-order valence-electron chi connectivity index (χ3n) is 5.39. The van der Waals surface area contributed by atoms with Gasteiger partial charge in [-0.05, 0) is 30.3 Å². The number of piperazine rings is 1. The van der Waals surface area contributed by atoms with Crippen molar-refractivity contribution >= 4 is 27.3 Å². The lowest BCUT2D eigenvalue weighted by Crippen LogP contribution is -2.48. The smallest absolute Gasteiger partial charge is 0.242 e. The van der Waals surface area contributed by atoms with E-state index >= 15 is 0 Å². The summed E-state index contributed by atoms with van der Waals surface area (Å²) in [6.45, 7) is 3.18. The minimum absolute atomic E-state index is 0.0871. The van der Waals surface area contributed by atoms with Crippen molar-refractivity contribution in [2.24, 2.45) is 0 Å². The molecule has 0 bridgehead atoms. The molecule has 2 aromatic carbocycles. The zero-order valence-corrected chi connectivity index (χ0v) is 19.7. The van der Waals surface area contributed by atoms with E-state index in [1.807, 2.05) is 24.3 Å². The molecule has 1 aliphatic rings. The van der Waals surface area contributed by atoms with Crippen molar-refractivity contribution in [2.45, 2.75) is 4.90 Å². The van der Waals surface area contributed by atoms with E-state index in [1.54, 1.807) is 7.11 Å². The van der Waals surface area contributed by atoms with Crippen molar-refractivity contribution in [2.75, 3.05) is 71.3 Å². The van der Waals surface area contributed by atoms with Gasteiger partial charge in [-0.25, -0.2) is 12.7 Å². The van der Waals surface area contributed by atoms with Crippen LogP contribution in [0.4, 0.5) is 11.4 Å². The quantitative estimate of drug-likeness (QED) is 0.639. The van der Waals surface area contributed by atoms with E-state index in [1.165, 1.54) is 39.4 Å². The van der Waals surface area contributed by atoms with Gasteiger partial charge in [0, 0.05) is 40.3 Å². The molecule has 0 radical (unpaired) electrons. The summed E-state index contributed by atoms with van der Waals surface area (Å²) in [5.41, 5.74) is 1.37. The van der Waals surface area contributed by atoms with Crippen LogP contribution in [0.5, 0.6) is 11.5 Å². The van der Waals surface area contributed by atoms with E-state index in [0.717, 1.165) is 41.9 Å². The molecule has 0 saturated carbocycles. The van der Waals surface area contributed by atoms with Crippen LogP contribution in [0.25, 0.3) is 0 Å². The van der Waals surface area contributed by atoms with Gasteiger partial charge in [-0.1, -0.05) is 12.1 Å². The molecule has 0 spiro atoms. The Morgan fingerprint density at radius 2 is 1.66 bits per heavy atom. The van der Waals surface area contributed by atoms with Crippen LogP contribution >= 0.6 is 0 Å². The highest BCUT2D eigenvalue weighted by Gasteiger charge is 2.23. The average Bonchev–Trinajstić information content (AvgIpc) is 2.79. The van der Waals surface area contributed by atoms with Gasteiger partial charge < -0.3 is 19.7 Å². The molecule has 1 aliphatic heterocycles. The van der Waals surface area contributed by atoms with Crippen molar-refractivity contribution in [3.63, 3.8) is 0 Å². The van der Waals surface area contributed by atoms with Gasteiger partial charge in [0.2, 0.25) is 15.9 Å². The first-order valence-corrected chi connectivity index (χ1v) is 11.7. The summed E-state index contributed by atoms with van der Waals surface area (Å²) in [5, 5.41) is 2.80. The lowest BCUT2D eigenvalue weighted by Gasteiger charge is -2.36. The Balaban J connectivity index is 1.63. The maximum absolute atomic E-state index is 12.7. The number of carbonyl (C=O) groups excluding carboxylic acids is 1. The van der Waals surface area contributed by atoms with Crippen LogP contribution in [0.1, 0.15) is 0 Å². The van der Waals surface area contributed by atoms with Crippen LogP contribution in [0.2, 0.25) is 0 Å². The number of anilines is 2. The summed E-state index contributed by atoms with van der Waals surface area (Å²) < 4.78 is 36.7. The lowest BCUT2D eigenvalue weighted by molar-refractivity contribution is -0.117. The topological polar surface area (TPSA) is 91.4 Å². The zero-order chi connectivity index (χ0) is 23.3. The molecule has 3 rings (SSSR count). The minimum Gasteiger partial charge on any atom is -0.495 e. The first-order chi connectivity index (χ1) is 15.3. The summed E-state index contributed by atoms with van der Waals surface area (Å²) in [6, 6.07) is 12.3. The summed E-state index contributed by atoms with van der Waals surface area (Å²) >= 11 is 0. The molecule has 0 atom stereocenters. The van der Waals surface area contributed by atoms with Gasteiger partial charge in [0.1, 0.15) is 11.5 Å². The van der Waals surface area contributed by atoms with E-state index in [-0.39, 0.29) is 17.3 Å². The molecule has 9 nitrogen and oxygen atoms in total. The number of para-hydroxylation sites is 2. The van der Waals surface area contributed by atoms with E-state index in [9.17, 15) is 13.2 Å². The second-order valence-corrected chi connectivity index (χ2v) is 9.78. The highest BCUT2D eigenvalue weighted by molar-refractivity contribution is 7.89. The SMILES string of the molecule is COc1ccc(S(=O)(=O)N(C)C)cc1NC(=O)CN1CCN(c2ccccc2OC)CC1. The molecule has 0 aromatic heterocycles. The van der Waals surface area contributed by atoms with Gasteiger partial charge in [0.05, 0.1) is 37.0 Å². The number of nitrogens with zero attached hydrogens (tertiary/aromatic N) is 3. The Labute approximate surface area is 189 Å². The van der Waals surface area contributed by atoms with Gasteiger partial charge in [-0.3, -0.25) is 9.69 Å². The fourth-order valence-corrected chi connectivity index (χ4v) is 4.52. The zero-order valence-electron chi connectivity index (χ0n) is 18.9. The number of amides is 1. The average molecular weight is 463 g/mol. The summed E-state index contributed by atoms with van der Waals surface area (Å²) in [7, 11) is 2.43. The molecule has 1 heterocycles. The third-order valence-corrected chi connectivity index (χ3v) is 7.20. The number of benzene rings is 2. The molecular weight excluding hydrogens is 432 g/mol. The minimum atomic E-state index is -3.63. The standard InChI is InChI=1S/C22H30N4O5S/c1-24(2)32(28,29)17-9-10-20(30-3)18(15-17)23-22(27)16-25-11-13-26(14-12-25)19-7-5-6-8-21(19)31-4/h5-10,15H,11-14,16H2,1-4H3,(H,23,27). The fourth-order valence-electron chi connectivity index (χ4n) is 3.59. The van der Waals surface area contributed by atoms with Crippen molar-refractivity contribution in [1.29, 1.82) is 0 Å². The van der Waals surface area contributed by atoms with Crippen LogP contribution in [0, 0.1) is 0 Å². The first-order valence-electron chi connectivity index (χ1n) is 10.3. The number of nitrogens with one attached hydrogen (secondary N) is 1. The van der Waals surface area contributed by atoms with Crippen LogP contribution in [-0.4, -0.2) is 84.6 Å². The monoisotopic (exact) mass is 462 g/mol. The maximum atomic E-state index is 12.7. The van der Waals surface area contributed by atoms with E-state index in [0.29, 0.717) is 11.4 Å². The Bertz CT molecular complexity index is 1050. The molecule has 1 saturated heterocycles. The predicted molar refractivity (Wildman–Crippen MR) is 124 cm³/mol. The summed E-state index contributed by atoms with van der Waals surface area (Å²) in [4.78, 5) is 17.1. The number of sulfonamides is 1. The number of hydrogen-bond donors (Lipinski definition) is 1. The summed E-state index contributed by atoms with van der Waals surface area (Å²) in [6.07, 6.45) is 0. The second-order valence-electron chi connectivity index (χ2n) is 7.63. The molecule has 0 aliphatic carbocycles. The maximum Gasteiger partial charge on any atom is 0.242 e. The van der Waals surface area contributed by atoms with E-state index in [4.69, 9.17) is 9.47 Å². The molecule has 10 heteroatoms. The summed E-state index contributed by atoms with van der Waals surface area (Å²) in [5.74, 6) is 1.00. The van der Waals surface area contributed by atoms with E-state index in [2.05, 4.69) is 15.1 Å². The Morgan fingerprint density at radius 3 is 2.28 bits per heavy atom. The second kappa shape index (κ2) is 10.2. The molecular formula is C22H30N4O5S. The van der Waals surface area contributed by atoms with Gasteiger partial charge in [-0.15, -0.1) is 0 Å². The number of hydrogen-bond acceptors (Lipinski definition) is 7. The largest absolute Gasteiger partial charge is 0.495 e. The molecule has 1 N–H and O–H groups in total. The van der Waals surface area contributed by atoms with Gasteiger partial charge in [0.15, 0.2) is 0 Å². The fraction of sp³-hybridized carbons (Fsp3) is 0.409. The normalized spacial score (nSPS) is 15.0. The highest BCUT2D eigenvalue weighted by Crippen LogP contribution is 2.29. The highest BCUT2D eigenvalue weighted by atomic mass is 32.2. The van der Waals surface area contributed by atoms with Crippen molar-refractivity contribution < 1.29 is 22.7 Å². The van der Waals surface area contributed by atoms with Crippen molar-refractivity contribution in [1.82, 2.24) is 9.21 Å². The number of rotatable bonds is 8. The number of methoxy groups -OCH3 is 2. The lowest BCUT2D eigenvalue weighted by atomic mass is 10.2. The predicted octanol–water partition coefficient (Wildman–Crippen LogP) is 1.71. The third kappa shape index (κ3) is 5.32. The Kier molecular flexibility index (Phi) is 7.60. The van der Waals surface area contributed by atoms with Crippen molar-refractivity contribution in [3.8, 4) is 11.5 Å². The van der Waals surface area contributed by atoms with E-state index < -0.39 is 10.0 Å².